The number of esters is 1. The van der Waals surface area contributed by atoms with Crippen molar-refractivity contribution in [3.63, 3.8) is 0 Å². The summed E-state index contributed by atoms with van der Waals surface area (Å²) >= 11 is 0. The standard InChI is InChI=1S/C37H58N4O5/c1-5-6-7-9-25(2)37(24-41-36(38)39-4)17-14-28-10-8-11-29-22-31(16-19-40-29)46-35-21-27(12-13-33(35)44)20-32(28)34(45-26(3)42)23-30(43)15-18-37/h12-13,21,25,28-32,34,40,43-44H,5-11,15-16,18-20,22-24H2,1-4H3,(H3,38,39,41)/t25-,28+,29-,30-,31+,32-,34-,37-/m0/s1. The first-order valence-electron chi connectivity index (χ1n) is 17.7. The van der Waals surface area contributed by atoms with Gasteiger partial charge in [0.2, 0.25) is 0 Å². The molecule has 3 aliphatic rings. The maximum Gasteiger partial charge on any atom is 0.302 e. The number of unbranched alkanes of at least 4 members (excludes halogenated alkanes) is 2. The number of aliphatic hydroxyl groups is 1. The van der Waals surface area contributed by atoms with Gasteiger partial charge in [0, 0.05) is 44.8 Å². The molecule has 2 heterocycles. The molecule has 0 saturated carbocycles. The second kappa shape index (κ2) is 17.3. The Morgan fingerprint density at radius 3 is 2.85 bits per heavy atom. The molecule has 2 aliphatic heterocycles. The zero-order valence-electron chi connectivity index (χ0n) is 28.5. The number of nitrogens with one attached hydrogen (secondary N) is 2. The smallest absolute Gasteiger partial charge is 0.302 e. The first-order valence-corrected chi connectivity index (χ1v) is 17.7. The van der Waals surface area contributed by atoms with Gasteiger partial charge in [-0.05, 0) is 81.5 Å². The van der Waals surface area contributed by atoms with Crippen LogP contribution in [0.5, 0.6) is 11.5 Å². The van der Waals surface area contributed by atoms with Gasteiger partial charge in [0.15, 0.2) is 17.5 Å². The number of aromatic hydroxyl groups is 1. The number of hydrogen-bond donors (Lipinski definition) is 5. The number of guanidine groups is 1. The third-order valence-corrected chi connectivity index (χ3v) is 10.6. The zero-order chi connectivity index (χ0) is 33.1. The first-order chi connectivity index (χ1) is 22.1. The number of phenolic OH excluding ortho intramolecular Hbond substituents is 1. The average Bonchev–Trinajstić information content (AvgIpc) is 3.03. The number of carbonyl (C=O) groups excluding carboxylic acids is 1. The van der Waals surface area contributed by atoms with E-state index in [-0.39, 0.29) is 35.6 Å². The second-order valence-corrected chi connectivity index (χ2v) is 14.0. The number of nitrogens with zero attached hydrogens (tertiary/aromatic N) is 1. The Balaban J connectivity index is 1.81. The summed E-state index contributed by atoms with van der Waals surface area (Å²) in [6, 6.07) is 5.88. The minimum Gasteiger partial charge on any atom is -0.504 e. The van der Waals surface area contributed by atoms with E-state index in [1.807, 2.05) is 12.1 Å². The van der Waals surface area contributed by atoms with Crippen LogP contribution >= 0.6 is 0 Å². The largest absolute Gasteiger partial charge is 0.504 e. The molecule has 0 aromatic heterocycles. The summed E-state index contributed by atoms with van der Waals surface area (Å²) in [6.45, 7) is 7.38. The van der Waals surface area contributed by atoms with E-state index in [0.717, 1.165) is 63.5 Å². The molecule has 9 nitrogen and oxygen atoms in total. The Labute approximate surface area is 276 Å². The van der Waals surface area contributed by atoms with Gasteiger partial charge in [-0.3, -0.25) is 9.79 Å². The van der Waals surface area contributed by atoms with Gasteiger partial charge >= 0.3 is 5.97 Å². The number of benzene rings is 1. The Kier molecular flexibility index (Phi) is 13.5. The van der Waals surface area contributed by atoms with Crippen molar-refractivity contribution in [1.29, 1.82) is 0 Å². The van der Waals surface area contributed by atoms with E-state index in [1.54, 1.807) is 13.1 Å². The van der Waals surface area contributed by atoms with Gasteiger partial charge in [0.1, 0.15) is 12.2 Å². The minimum absolute atomic E-state index is 0.0407. The summed E-state index contributed by atoms with van der Waals surface area (Å²) in [5.41, 5.74) is 6.72. The molecule has 0 amide bonds. The van der Waals surface area contributed by atoms with Gasteiger partial charge < -0.3 is 36.1 Å². The summed E-state index contributed by atoms with van der Waals surface area (Å²) in [5, 5.41) is 29.2. The maximum atomic E-state index is 12.5. The summed E-state index contributed by atoms with van der Waals surface area (Å²) < 4.78 is 12.4. The van der Waals surface area contributed by atoms with Crippen LogP contribution in [-0.4, -0.2) is 66.6 Å². The van der Waals surface area contributed by atoms with Gasteiger partial charge in [0.25, 0.3) is 0 Å². The van der Waals surface area contributed by atoms with E-state index in [9.17, 15) is 15.0 Å². The minimum atomic E-state index is -0.656. The molecule has 4 rings (SSSR count). The number of carbonyl (C=O) groups is 1. The lowest BCUT2D eigenvalue weighted by atomic mass is 9.68. The Morgan fingerprint density at radius 1 is 1.26 bits per heavy atom. The van der Waals surface area contributed by atoms with E-state index >= 15 is 0 Å². The van der Waals surface area contributed by atoms with Gasteiger partial charge in [-0.2, -0.15) is 0 Å². The van der Waals surface area contributed by atoms with Crippen LogP contribution in [0.1, 0.15) is 103 Å². The molecule has 6 N–H and O–H groups in total. The van der Waals surface area contributed by atoms with Crippen molar-refractivity contribution < 1.29 is 24.5 Å². The number of ether oxygens (including phenoxy) is 2. The van der Waals surface area contributed by atoms with Crippen LogP contribution in [-0.2, 0) is 16.0 Å². The third-order valence-electron chi connectivity index (χ3n) is 10.6. The van der Waals surface area contributed by atoms with Gasteiger partial charge in [-0.1, -0.05) is 57.4 Å². The average molecular weight is 639 g/mol. The highest BCUT2D eigenvalue weighted by atomic mass is 16.5. The Morgan fingerprint density at radius 2 is 2.09 bits per heavy atom. The predicted molar refractivity (Wildman–Crippen MR) is 183 cm³/mol. The Hall–Kier alpha value is -2.96. The number of aliphatic hydroxyl groups excluding tert-OH is 1. The van der Waals surface area contributed by atoms with E-state index in [4.69, 9.17) is 15.2 Å². The normalized spacial score (nSPS) is 31.2. The fourth-order valence-corrected chi connectivity index (χ4v) is 7.65. The molecule has 0 radical (unpaired) electrons. The van der Waals surface area contributed by atoms with Crippen LogP contribution in [0.25, 0.3) is 0 Å². The maximum absolute atomic E-state index is 12.5. The summed E-state index contributed by atoms with van der Waals surface area (Å²) in [5.74, 6) is 8.34. The molecule has 1 aromatic rings. The third kappa shape index (κ3) is 10.0. The van der Waals surface area contributed by atoms with Crippen LogP contribution in [0.2, 0.25) is 0 Å². The highest BCUT2D eigenvalue weighted by Crippen LogP contribution is 2.40. The van der Waals surface area contributed by atoms with Gasteiger partial charge in [0.05, 0.1) is 11.5 Å². The number of fused-ring (bicyclic) bond motifs is 5. The summed E-state index contributed by atoms with van der Waals surface area (Å²) in [7, 11) is 1.68. The van der Waals surface area contributed by atoms with Crippen molar-refractivity contribution in [2.24, 2.45) is 33.9 Å². The van der Waals surface area contributed by atoms with Crippen LogP contribution in [0, 0.1) is 35.0 Å². The quantitative estimate of drug-likeness (QED) is 0.0875. The molecule has 256 valence electrons. The first kappa shape index (κ1) is 35.9. The molecule has 1 aromatic carbocycles. The molecule has 1 aliphatic carbocycles. The number of piperidine rings is 1. The lowest BCUT2D eigenvalue weighted by Gasteiger charge is -2.39. The summed E-state index contributed by atoms with van der Waals surface area (Å²) in [6.07, 6.45) is 10.1. The molecule has 1 saturated heterocycles. The zero-order valence-corrected chi connectivity index (χ0v) is 28.5. The SMILES string of the molecule is CCCCC[C@H](C)[C@@]1(CNC(N)=NC)C#C[C@H]2CCC[C@H]3C[C@@H](CCN3)Oc3cc(ccc3O)C[C@@H]2[C@@H](OC(C)=O)C[C@@H](O)CC1. The van der Waals surface area contributed by atoms with Gasteiger partial charge in [-0.15, -0.1) is 0 Å². The number of hydrogen-bond acceptors (Lipinski definition) is 7. The molecular formula is C37H58N4O5. The molecule has 0 spiro atoms. The number of nitrogens with two attached hydrogens (primary N) is 1. The van der Waals surface area contributed by atoms with Crippen molar-refractivity contribution in [1.82, 2.24) is 10.6 Å². The monoisotopic (exact) mass is 638 g/mol. The second-order valence-electron chi connectivity index (χ2n) is 14.0. The van der Waals surface area contributed by atoms with E-state index in [1.165, 1.54) is 13.3 Å². The molecule has 0 unspecified atom stereocenters. The van der Waals surface area contributed by atoms with E-state index < -0.39 is 17.6 Å². The van der Waals surface area contributed by atoms with Crippen molar-refractivity contribution in [2.75, 3.05) is 20.1 Å². The summed E-state index contributed by atoms with van der Waals surface area (Å²) in [4.78, 5) is 16.6. The predicted octanol–water partition coefficient (Wildman–Crippen LogP) is 5.07. The van der Waals surface area contributed by atoms with Crippen molar-refractivity contribution in [3.05, 3.63) is 23.8 Å². The molecular weight excluding hydrogens is 580 g/mol. The van der Waals surface area contributed by atoms with E-state index in [0.29, 0.717) is 50.0 Å². The highest BCUT2D eigenvalue weighted by molar-refractivity contribution is 5.77. The fraction of sp³-hybridized carbons (Fsp3) is 0.730. The lowest BCUT2D eigenvalue weighted by molar-refractivity contribution is -0.152. The number of phenols is 1. The van der Waals surface area contributed by atoms with Gasteiger partial charge in [-0.25, -0.2) is 0 Å². The van der Waals surface area contributed by atoms with Crippen LogP contribution in [0.3, 0.4) is 0 Å². The fourth-order valence-electron chi connectivity index (χ4n) is 7.65. The Bertz CT molecular complexity index is 1230. The van der Waals surface area contributed by atoms with Crippen molar-refractivity contribution in [2.45, 2.75) is 129 Å². The van der Waals surface area contributed by atoms with Crippen molar-refractivity contribution in [3.8, 4) is 23.3 Å². The topological polar surface area (TPSA) is 138 Å². The highest BCUT2D eigenvalue weighted by Gasteiger charge is 2.39. The molecule has 8 atom stereocenters. The van der Waals surface area contributed by atoms with Crippen LogP contribution in [0.4, 0.5) is 0 Å². The van der Waals surface area contributed by atoms with Crippen molar-refractivity contribution >= 4 is 11.9 Å². The number of rotatable bonds is 8. The number of aliphatic imine (C=N–C) groups is 1. The lowest BCUT2D eigenvalue weighted by Crippen LogP contribution is -2.45. The van der Waals surface area contributed by atoms with Crippen LogP contribution < -0.4 is 21.1 Å². The molecule has 1 fully saturated rings. The molecule has 4 bridgehead atoms. The molecule has 46 heavy (non-hydrogen) atoms. The molecule has 9 heteroatoms. The van der Waals surface area contributed by atoms with Crippen LogP contribution in [0.15, 0.2) is 23.2 Å². The van der Waals surface area contributed by atoms with E-state index in [2.05, 4.69) is 41.3 Å².